The van der Waals surface area contributed by atoms with Gasteiger partial charge in [0.2, 0.25) is 5.91 Å². The second-order valence-electron chi connectivity index (χ2n) is 6.00. The van der Waals surface area contributed by atoms with Crippen molar-refractivity contribution in [1.82, 2.24) is 19.9 Å². The summed E-state index contributed by atoms with van der Waals surface area (Å²) >= 11 is 0. The number of imidazole rings is 1. The Morgan fingerprint density at radius 3 is 2.77 bits per heavy atom. The van der Waals surface area contributed by atoms with E-state index in [1.807, 2.05) is 54.2 Å². The standard InChI is InChI=1S/C20H22N4O2/c1-24-13-12-22-20(24)19(16-7-3-4-8-17(16)26-2)23-18(25)10-9-15-6-5-11-21-14-15/h3-8,11-14,19H,9-10H2,1-2H3,(H,23,25). The number of carbonyl (C=O) groups is 1. The summed E-state index contributed by atoms with van der Waals surface area (Å²) < 4.78 is 7.38. The number of amides is 1. The second kappa shape index (κ2) is 8.29. The minimum absolute atomic E-state index is 0.0484. The van der Waals surface area contributed by atoms with Crippen molar-refractivity contribution < 1.29 is 9.53 Å². The van der Waals surface area contributed by atoms with Crippen LogP contribution in [0.5, 0.6) is 5.75 Å². The van der Waals surface area contributed by atoms with Crippen molar-refractivity contribution >= 4 is 5.91 Å². The van der Waals surface area contributed by atoms with Gasteiger partial charge in [0.15, 0.2) is 0 Å². The monoisotopic (exact) mass is 350 g/mol. The van der Waals surface area contributed by atoms with Gasteiger partial charge in [-0.05, 0) is 24.1 Å². The minimum Gasteiger partial charge on any atom is -0.496 e. The van der Waals surface area contributed by atoms with Crippen LogP contribution in [0.2, 0.25) is 0 Å². The lowest BCUT2D eigenvalue weighted by molar-refractivity contribution is -0.121. The Kier molecular flexibility index (Phi) is 5.63. The summed E-state index contributed by atoms with van der Waals surface area (Å²) in [4.78, 5) is 21.1. The lowest BCUT2D eigenvalue weighted by Gasteiger charge is -2.21. The van der Waals surface area contributed by atoms with Crippen LogP contribution in [0.3, 0.4) is 0 Å². The van der Waals surface area contributed by atoms with Gasteiger partial charge in [0.25, 0.3) is 0 Å². The Balaban J connectivity index is 1.80. The van der Waals surface area contributed by atoms with Gasteiger partial charge < -0.3 is 14.6 Å². The van der Waals surface area contributed by atoms with Crippen LogP contribution in [0.15, 0.2) is 61.2 Å². The number of aryl methyl sites for hydroxylation is 2. The maximum absolute atomic E-state index is 12.6. The fourth-order valence-corrected chi connectivity index (χ4v) is 2.88. The van der Waals surface area contributed by atoms with Gasteiger partial charge in [0.05, 0.1) is 7.11 Å². The molecule has 1 N–H and O–H groups in total. The van der Waals surface area contributed by atoms with Gasteiger partial charge in [0, 0.05) is 43.8 Å². The van der Waals surface area contributed by atoms with Crippen molar-refractivity contribution in [2.75, 3.05) is 7.11 Å². The van der Waals surface area contributed by atoms with E-state index in [9.17, 15) is 4.79 Å². The number of hydrogen-bond acceptors (Lipinski definition) is 4. The lowest BCUT2D eigenvalue weighted by Crippen LogP contribution is -2.31. The Morgan fingerprint density at radius 2 is 2.08 bits per heavy atom. The average molecular weight is 350 g/mol. The third-order valence-corrected chi connectivity index (χ3v) is 4.24. The van der Waals surface area contributed by atoms with Gasteiger partial charge >= 0.3 is 0 Å². The van der Waals surface area contributed by atoms with Crippen LogP contribution in [0.25, 0.3) is 0 Å². The molecule has 1 aromatic carbocycles. The third kappa shape index (κ3) is 4.08. The molecular weight excluding hydrogens is 328 g/mol. The Bertz CT molecular complexity index is 861. The molecule has 0 saturated heterocycles. The molecule has 0 fully saturated rings. The highest BCUT2D eigenvalue weighted by Gasteiger charge is 2.23. The zero-order valence-corrected chi connectivity index (χ0v) is 14.9. The molecule has 0 aliphatic rings. The van der Waals surface area contributed by atoms with E-state index >= 15 is 0 Å². The summed E-state index contributed by atoms with van der Waals surface area (Å²) in [6, 6.07) is 11.1. The van der Waals surface area contributed by atoms with Crippen LogP contribution in [0.1, 0.15) is 29.4 Å². The van der Waals surface area contributed by atoms with Crippen LogP contribution in [0, 0.1) is 0 Å². The zero-order valence-electron chi connectivity index (χ0n) is 14.9. The van der Waals surface area contributed by atoms with Crippen molar-refractivity contribution in [1.29, 1.82) is 0 Å². The van der Waals surface area contributed by atoms with Crippen LogP contribution < -0.4 is 10.1 Å². The summed E-state index contributed by atoms with van der Waals surface area (Å²) in [5, 5.41) is 3.10. The molecule has 0 spiro atoms. The van der Waals surface area contributed by atoms with Gasteiger partial charge in [-0.3, -0.25) is 9.78 Å². The van der Waals surface area contributed by atoms with Crippen LogP contribution in [-0.2, 0) is 18.3 Å². The molecule has 2 aromatic heterocycles. The van der Waals surface area contributed by atoms with Crippen LogP contribution >= 0.6 is 0 Å². The summed E-state index contributed by atoms with van der Waals surface area (Å²) in [6.07, 6.45) is 8.10. The molecule has 0 bridgehead atoms. The lowest BCUT2D eigenvalue weighted by atomic mass is 10.0. The summed E-state index contributed by atoms with van der Waals surface area (Å²) in [6.45, 7) is 0. The second-order valence-corrected chi connectivity index (χ2v) is 6.00. The van der Waals surface area contributed by atoms with Crippen molar-refractivity contribution in [3.05, 3.63) is 78.1 Å². The molecule has 1 amide bonds. The number of ether oxygens (including phenoxy) is 1. The molecule has 3 aromatic rings. The number of para-hydroxylation sites is 1. The predicted molar refractivity (Wildman–Crippen MR) is 98.7 cm³/mol. The molecule has 0 saturated carbocycles. The van der Waals surface area contributed by atoms with Crippen molar-refractivity contribution in [2.24, 2.45) is 7.05 Å². The topological polar surface area (TPSA) is 69.0 Å². The first-order valence-corrected chi connectivity index (χ1v) is 8.47. The molecular formula is C20H22N4O2. The van der Waals surface area contributed by atoms with Gasteiger partial charge in [-0.15, -0.1) is 0 Å². The number of hydrogen-bond donors (Lipinski definition) is 1. The van der Waals surface area contributed by atoms with E-state index in [4.69, 9.17) is 4.74 Å². The average Bonchev–Trinajstić information content (AvgIpc) is 3.11. The van der Waals surface area contributed by atoms with E-state index in [0.29, 0.717) is 18.6 Å². The smallest absolute Gasteiger partial charge is 0.221 e. The van der Waals surface area contributed by atoms with Crippen molar-refractivity contribution in [3.8, 4) is 5.75 Å². The first-order chi connectivity index (χ1) is 12.7. The highest BCUT2D eigenvalue weighted by atomic mass is 16.5. The molecule has 3 rings (SSSR count). The van der Waals surface area contributed by atoms with Crippen LogP contribution in [0.4, 0.5) is 0 Å². The minimum atomic E-state index is -0.382. The highest BCUT2D eigenvalue weighted by Crippen LogP contribution is 2.29. The number of pyridine rings is 1. The summed E-state index contributed by atoms with van der Waals surface area (Å²) in [7, 11) is 3.53. The number of nitrogens with zero attached hydrogens (tertiary/aromatic N) is 3. The summed E-state index contributed by atoms with van der Waals surface area (Å²) in [5.74, 6) is 1.42. The van der Waals surface area contributed by atoms with E-state index in [0.717, 1.165) is 17.0 Å². The van der Waals surface area contributed by atoms with E-state index in [-0.39, 0.29) is 11.9 Å². The van der Waals surface area contributed by atoms with E-state index in [1.165, 1.54) is 0 Å². The van der Waals surface area contributed by atoms with Gasteiger partial charge in [-0.25, -0.2) is 4.98 Å². The molecule has 134 valence electrons. The molecule has 6 heteroatoms. The number of benzene rings is 1. The van der Waals surface area contributed by atoms with Gasteiger partial charge in [0.1, 0.15) is 17.6 Å². The first kappa shape index (κ1) is 17.7. The Labute approximate surface area is 152 Å². The Morgan fingerprint density at radius 1 is 1.23 bits per heavy atom. The van der Waals surface area contributed by atoms with Crippen molar-refractivity contribution in [3.63, 3.8) is 0 Å². The fourth-order valence-electron chi connectivity index (χ4n) is 2.88. The molecule has 0 aliphatic heterocycles. The fraction of sp³-hybridized carbons (Fsp3) is 0.250. The number of rotatable bonds is 7. The summed E-state index contributed by atoms with van der Waals surface area (Å²) in [5.41, 5.74) is 1.91. The molecule has 1 atom stereocenters. The molecule has 1 unspecified atom stereocenters. The Hall–Kier alpha value is -3.15. The predicted octanol–water partition coefficient (Wildman–Crippen LogP) is 2.66. The number of methoxy groups -OCH3 is 1. The quantitative estimate of drug-likeness (QED) is 0.711. The number of aromatic nitrogens is 3. The van der Waals surface area contributed by atoms with Crippen LogP contribution in [-0.4, -0.2) is 27.6 Å². The first-order valence-electron chi connectivity index (χ1n) is 8.47. The van der Waals surface area contributed by atoms with Gasteiger partial charge in [-0.1, -0.05) is 24.3 Å². The molecule has 0 aliphatic carbocycles. The van der Waals surface area contributed by atoms with E-state index in [1.54, 1.807) is 25.7 Å². The highest BCUT2D eigenvalue weighted by molar-refractivity contribution is 5.77. The van der Waals surface area contributed by atoms with E-state index < -0.39 is 0 Å². The number of nitrogens with one attached hydrogen (secondary N) is 1. The van der Waals surface area contributed by atoms with Gasteiger partial charge in [-0.2, -0.15) is 0 Å². The molecule has 0 radical (unpaired) electrons. The normalized spacial score (nSPS) is 11.8. The number of carbonyl (C=O) groups excluding carboxylic acids is 1. The molecule has 6 nitrogen and oxygen atoms in total. The largest absolute Gasteiger partial charge is 0.496 e. The van der Waals surface area contributed by atoms with E-state index in [2.05, 4.69) is 15.3 Å². The van der Waals surface area contributed by atoms with Crippen molar-refractivity contribution in [2.45, 2.75) is 18.9 Å². The maximum Gasteiger partial charge on any atom is 0.221 e. The maximum atomic E-state index is 12.6. The molecule has 26 heavy (non-hydrogen) atoms. The molecule has 2 heterocycles. The third-order valence-electron chi connectivity index (χ3n) is 4.24. The zero-order chi connectivity index (χ0) is 18.4. The SMILES string of the molecule is COc1ccccc1C(NC(=O)CCc1cccnc1)c1nccn1C.